The highest BCUT2D eigenvalue weighted by Gasteiger charge is 2.39. The standard InChI is InChI=1S/C12H17FN4O3S.C2HF3O2/c1-21(18,19)17-2-3-20-11-8-16(6-9(11)7-17)12-14-4-10(13)5-15-12;3-2(4,5)1(6)7/h4-5,9,11H,2-3,6-8H2,1H3;(H,6,7)/t9-,11-;/m1./s1. The minimum absolute atomic E-state index is 0.0506. The summed E-state index contributed by atoms with van der Waals surface area (Å²) < 4.78 is 75.2. The Balaban J connectivity index is 0.000000345. The van der Waals surface area contributed by atoms with Gasteiger partial charge in [0.25, 0.3) is 0 Å². The molecule has 2 atom stereocenters. The number of fused-ring (bicyclic) bond motifs is 1. The summed E-state index contributed by atoms with van der Waals surface area (Å²) >= 11 is 0. The molecule has 0 spiro atoms. The van der Waals surface area contributed by atoms with E-state index in [-0.39, 0.29) is 12.0 Å². The number of carboxylic acid groups (broad SMARTS) is 1. The van der Waals surface area contributed by atoms with Gasteiger partial charge in [-0.05, 0) is 0 Å². The van der Waals surface area contributed by atoms with E-state index in [0.717, 1.165) is 12.4 Å². The molecular weight excluding hydrogens is 412 g/mol. The molecule has 0 amide bonds. The minimum atomic E-state index is -5.08. The molecule has 2 aliphatic rings. The van der Waals surface area contributed by atoms with Gasteiger partial charge in [0.1, 0.15) is 0 Å². The molecule has 0 unspecified atom stereocenters. The lowest BCUT2D eigenvalue weighted by molar-refractivity contribution is -0.192. The van der Waals surface area contributed by atoms with Crippen LogP contribution in [0.25, 0.3) is 0 Å². The fourth-order valence-electron chi connectivity index (χ4n) is 2.80. The Morgan fingerprint density at radius 3 is 2.32 bits per heavy atom. The molecule has 0 aliphatic carbocycles. The van der Waals surface area contributed by atoms with Crippen molar-refractivity contribution in [2.24, 2.45) is 5.92 Å². The molecule has 3 heterocycles. The van der Waals surface area contributed by atoms with Gasteiger partial charge in [0.05, 0.1) is 31.4 Å². The first kappa shape index (κ1) is 22.2. The van der Waals surface area contributed by atoms with Crippen molar-refractivity contribution >= 4 is 21.9 Å². The summed E-state index contributed by atoms with van der Waals surface area (Å²) in [6.07, 6.45) is -1.67. The van der Waals surface area contributed by atoms with Crippen molar-refractivity contribution in [1.29, 1.82) is 0 Å². The van der Waals surface area contributed by atoms with Crippen molar-refractivity contribution in [3.05, 3.63) is 18.2 Å². The molecule has 3 rings (SSSR count). The van der Waals surface area contributed by atoms with Crippen molar-refractivity contribution in [2.45, 2.75) is 12.3 Å². The van der Waals surface area contributed by atoms with Crippen LogP contribution < -0.4 is 4.90 Å². The van der Waals surface area contributed by atoms with Crippen LogP contribution in [0.15, 0.2) is 12.4 Å². The first-order valence-corrected chi connectivity index (χ1v) is 9.82. The number of carbonyl (C=O) groups is 1. The van der Waals surface area contributed by atoms with E-state index in [4.69, 9.17) is 14.6 Å². The number of sulfonamides is 1. The maximum Gasteiger partial charge on any atom is 0.490 e. The Bertz CT molecular complexity index is 790. The smallest absolute Gasteiger partial charge is 0.475 e. The molecule has 9 nitrogen and oxygen atoms in total. The van der Waals surface area contributed by atoms with Crippen LogP contribution in [-0.4, -0.2) is 85.1 Å². The van der Waals surface area contributed by atoms with Gasteiger partial charge < -0.3 is 14.7 Å². The highest BCUT2D eigenvalue weighted by molar-refractivity contribution is 7.88. The Hall–Kier alpha value is -2.06. The zero-order valence-electron chi connectivity index (χ0n) is 14.6. The van der Waals surface area contributed by atoms with Crippen molar-refractivity contribution in [3.63, 3.8) is 0 Å². The van der Waals surface area contributed by atoms with Gasteiger partial charge in [-0.25, -0.2) is 27.6 Å². The number of hydrogen-bond acceptors (Lipinski definition) is 7. The van der Waals surface area contributed by atoms with Gasteiger partial charge in [-0.15, -0.1) is 0 Å². The van der Waals surface area contributed by atoms with Crippen molar-refractivity contribution in [2.75, 3.05) is 43.9 Å². The molecule has 1 N–H and O–H groups in total. The van der Waals surface area contributed by atoms with Crippen LogP contribution in [-0.2, 0) is 19.6 Å². The summed E-state index contributed by atoms with van der Waals surface area (Å²) in [4.78, 5) is 18.7. The first-order valence-electron chi connectivity index (χ1n) is 7.97. The summed E-state index contributed by atoms with van der Waals surface area (Å²) in [5.41, 5.74) is 0. The number of hydrogen-bond donors (Lipinski definition) is 1. The molecule has 0 saturated carbocycles. The second-order valence-electron chi connectivity index (χ2n) is 6.20. The second-order valence-corrected chi connectivity index (χ2v) is 8.18. The van der Waals surface area contributed by atoms with Crippen molar-refractivity contribution in [3.8, 4) is 0 Å². The fourth-order valence-corrected chi connectivity index (χ4v) is 3.67. The van der Waals surface area contributed by atoms with Crippen LogP contribution in [0.1, 0.15) is 0 Å². The number of nitrogens with zero attached hydrogens (tertiary/aromatic N) is 4. The zero-order chi connectivity index (χ0) is 21.1. The highest BCUT2D eigenvalue weighted by Crippen LogP contribution is 2.26. The fraction of sp³-hybridized carbons (Fsp3) is 0.643. The van der Waals surface area contributed by atoms with Gasteiger partial charge >= 0.3 is 12.1 Å². The predicted octanol–water partition coefficient (Wildman–Crippen LogP) is 0.346. The Morgan fingerprint density at radius 2 is 1.82 bits per heavy atom. The Kier molecular flexibility index (Phi) is 6.77. The number of rotatable bonds is 2. The molecule has 2 saturated heterocycles. The second kappa shape index (κ2) is 8.53. The molecule has 0 aromatic carbocycles. The number of halogens is 4. The van der Waals surface area contributed by atoms with Gasteiger partial charge in [-0.1, -0.05) is 0 Å². The van der Waals surface area contributed by atoms with Crippen molar-refractivity contribution < 1.29 is 40.6 Å². The van der Waals surface area contributed by atoms with Gasteiger partial charge in [-0.2, -0.15) is 17.5 Å². The van der Waals surface area contributed by atoms with Crippen LogP contribution >= 0.6 is 0 Å². The molecule has 0 radical (unpaired) electrons. The van der Waals surface area contributed by atoms with Gasteiger partial charge in [0.15, 0.2) is 5.82 Å². The van der Waals surface area contributed by atoms with Gasteiger partial charge in [-0.3, -0.25) is 0 Å². The lowest BCUT2D eigenvalue weighted by Gasteiger charge is -2.21. The summed E-state index contributed by atoms with van der Waals surface area (Å²) in [6, 6.07) is 0. The Morgan fingerprint density at radius 1 is 1.25 bits per heavy atom. The number of carboxylic acids is 1. The van der Waals surface area contributed by atoms with Crippen LogP contribution in [0.4, 0.5) is 23.5 Å². The molecule has 28 heavy (non-hydrogen) atoms. The molecular formula is C14H18F4N4O5S. The average Bonchev–Trinajstić information content (AvgIpc) is 2.85. The van der Waals surface area contributed by atoms with Crippen LogP contribution in [0, 0.1) is 11.7 Å². The van der Waals surface area contributed by atoms with Crippen molar-refractivity contribution in [1.82, 2.24) is 14.3 Å². The van der Waals surface area contributed by atoms with E-state index >= 15 is 0 Å². The molecule has 1 aromatic heterocycles. The summed E-state index contributed by atoms with van der Waals surface area (Å²) in [6.45, 7) is 2.39. The predicted molar refractivity (Wildman–Crippen MR) is 87.5 cm³/mol. The molecule has 158 valence electrons. The lowest BCUT2D eigenvalue weighted by Crippen LogP contribution is -2.36. The third-order valence-corrected chi connectivity index (χ3v) is 5.36. The molecule has 1 aromatic rings. The Labute approximate surface area is 158 Å². The number of alkyl halides is 3. The first-order chi connectivity index (χ1) is 12.9. The van der Waals surface area contributed by atoms with Crippen LogP contribution in [0.5, 0.6) is 0 Å². The SMILES string of the molecule is CS(=O)(=O)N1CCO[C@@H]2CN(c3ncc(F)cn3)C[C@@H]2C1.O=C(O)C(F)(F)F. The van der Waals surface area contributed by atoms with Crippen LogP contribution in [0.2, 0.25) is 0 Å². The third kappa shape index (κ3) is 5.97. The van der Waals surface area contributed by atoms with E-state index in [0.29, 0.717) is 38.7 Å². The average molecular weight is 430 g/mol. The molecule has 2 aliphatic heterocycles. The maximum absolute atomic E-state index is 12.9. The van der Waals surface area contributed by atoms with Gasteiger partial charge in [0.2, 0.25) is 16.0 Å². The summed E-state index contributed by atoms with van der Waals surface area (Å²) in [5.74, 6) is -2.73. The van der Waals surface area contributed by atoms with E-state index in [1.807, 2.05) is 4.90 Å². The van der Waals surface area contributed by atoms with E-state index in [2.05, 4.69) is 9.97 Å². The summed E-state index contributed by atoms with van der Waals surface area (Å²) in [5, 5.41) is 7.12. The number of ether oxygens (including phenoxy) is 1. The summed E-state index contributed by atoms with van der Waals surface area (Å²) in [7, 11) is -3.22. The monoisotopic (exact) mass is 430 g/mol. The molecule has 2 fully saturated rings. The molecule has 0 bridgehead atoms. The number of aromatic nitrogens is 2. The minimum Gasteiger partial charge on any atom is -0.475 e. The zero-order valence-corrected chi connectivity index (χ0v) is 15.5. The van der Waals surface area contributed by atoms with E-state index < -0.39 is 28.0 Å². The third-order valence-electron chi connectivity index (χ3n) is 4.09. The topological polar surface area (TPSA) is 113 Å². The molecule has 14 heteroatoms. The van der Waals surface area contributed by atoms with E-state index in [1.165, 1.54) is 10.6 Å². The quantitative estimate of drug-likeness (QED) is 0.669. The highest BCUT2D eigenvalue weighted by atomic mass is 32.2. The van der Waals surface area contributed by atoms with Gasteiger partial charge in [0, 0.05) is 32.1 Å². The lowest BCUT2D eigenvalue weighted by atomic mass is 10.1. The van der Waals surface area contributed by atoms with Crippen LogP contribution in [0.3, 0.4) is 0 Å². The number of aliphatic carboxylic acids is 1. The van der Waals surface area contributed by atoms with E-state index in [1.54, 1.807) is 0 Å². The normalized spacial score (nSPS) is 23.4. The van der Waals surface area contributed by atoms with E-state index in [9.17, 15) is 26.0 Å². The maximum atomic E-state index is 12.9. The largest absolute Gasteiger partial charge is 0.490 e. The number of anilines is 1.